The van der Waals surface area contributed by atoms with Crippen LogP contribution in [-0.4, -0.2) is 51.1 Å². The van der Waals surface area contributed by atoms with E-state index in [-0.39, 0.29) is 5.91 Å². The zero-order valence-corrected chi connectivity index (χ0v) is 21.5. The number of likely N-dealkylation sites (tertiary alicyclic amines) is 1. The van der Waals surface area contributed by atoms with E-state index in [1.807, 2.05) is 50.5 Å². The van der Waals surface area contributed by atoms with Gasteiger partial charge in [0.25, 0.3) is 5.91 Å². The minimum atomic E-state index is -0.107. The highest BCUT2D eigenvalue weighted by Gasteiger charge is 2.24. The maximum Gasteiger partial charge on any atom is 0.255 e. The molecular formula is C30H37N3O2. The van der Waals surface area contributed by atoms with Crippen molar-refractivity contribution in [3.63, 3.8) is 0 Å². The summed E-state index contributed by atoms with van der Waals surface area (Å²) in [6.07, 6.45) is 2.20. The van der Waals surface area contributed by atoms with E-state index >= 15 is 0 Å². The second-order valence-corrected chi connectivity index (χ2v) is 9.84. The molecule has 3 aromatic carbocycles. The molecule has 4 rings (SSSR count). The van der Waals surface area contributed by atoms with E-state index in [9.17, 15) is 4.79 Å². The van der Waals surface area contributed by atoms with Gasteiger partial charge in [-0.05, 0) is 105 Å². The number of nitrogens with one attached hydrogen (secondary N) is 1. The standard InChI is InChI=1S/C30H37N3O2/c1-21(2)33-17-15-23(16-18-33)28-20-26(13-14-29(28)35-5)31-30(34)24-11-9-22(10-12-24)25-7-6-8-27(19-25)32(3)4/h6-14,19-21,23H,15-18H2,1-5H3,(H,31,34). The third-order valence-corrected chi connectivity index (χ3v) is 7.03. The molecule has 0 aliphatic carbocycles. The number of methoxy groups -OCH3 is 1. The zero-order chi connectivity index (χ0) is 24.9. The number of carbonyl (C=O) groups is 1. The molecule has 5 heteroatoms. The number of rotatable bonds is 7. The van der Waals surface area contributed by atoms with Gasteiger partial charge in [0.05, 0.1) is 7.11 Å². The molecule has 1 heterocycles. The van der Waals surface area contributed by atoms with Crippen molar-refractivity contribution in [2.75, 3.05) is 44.5 Å². The summed E-state index contributed by atoms with van der Waals surface area (Å²) in [5.74, 6) is 1.23. The highest BCUT2D eigenvalue weighted by atomic mass is 16.5. The van der Waals surface area contributed by atoms with Gasteiger partial charge in [-0.25, -0.2) is 0 Å². The number of nitrogens with zero attached hydrogens (tertiary/aromatic N) is 2. The number of anilines is 2. The monoisotopic (exact) mass is 471 g/mol. The minimum absolute atomic E-state index is 0.107. The first kappa shape index (κ1) is 24.8. The van der Waals surface area contributed by atoms with Crippen molar-refractivity contribution < 1.29 is 9.53 Å². The van der Waals surface area contributed by atoms with Crippen molar-refractivity contribution in [2.24, 2.45) is 0 Å². The summed E-state index contributed by atoms with van der Waals surface area (Å²) in [5.41, 5.74) is 6.00. The van der Waals surface area contributed by atoms with E-state index in [1.165, 1.54) is 5.56 Å². The molecule has 0 bridgehead atoms. The number of benzene rings is 3. The van der Waals surface area contributed by atoms with E-state index < -0.39 is 0 Å². The molecule has 0 unspecified atom stereocenters. The molecule has 0 spiro atoms. The van der Waals surface area contributed by atoms with Gasteiger partial charge in [-0.1, -0.05) is 24.3 Å². The quantitative estimate of drug-likeness (QED) is 0.441. The second-order valence-electron chi connectivity index (χ2n) is 9.84. The van der Waals surface area contributed by atoms with Crippen molar-refractivity contribution in [1.29, 1.82) is 0 Å². The average molecular weight is 472 g/mol. The molecule has 1 N–H and O–H groups in total. The fourth-order valence-electron chi connectivity index (χ4n) is 4.84. The largest absolute Gasteiger partial charge is 0.496 e. The highest BCUT2D eigenvalue weighted by Crippen LogP contribution is 2.36. The van der Waals surface area contributed by atoms with Gasteiger partial charge in [-0.15, -0.1) is 0 Å². The van der Waals surface area contributed by atoms with Crippen LogP contribution >= 0.6 is 0 Å². The van der Waals surface area contributed by atoms with Crippen LogP contribution in [0.4, 0.5) is 11.4 Å². The Bertz CT molecular complexity index is 1150. The van der Waals surface area contributed by atoms with E-state index in [0.717, 1.165) is 54.2 Å². The number of hydrogen-bond acceptors (Lipinski definition) is 4. The van der Waals surface area contributed by atoms with E-state index in [4.69, 9.17) is 4.74 Å². The Labute approximate surface area is 209 Å². The van der Waals surface area contributed by atoms with Gasteiger partial charge in [0.1, 0.15) is 5.75 Å². The van der Waals surface area contributed by atoms with E-state index in [0.29, 0.717) is 17.5 Å². The van der Waals surface area contributed by atoms with E-state index in [1.54, 1.807) is 7.11 Å². The molecule has 1 amide bonds. The lowest BCUT2D eigenvalue weighted by molar-refractivity contribution is 0.102. The molecule has 1 fully saturated rings. The van der Waals surface area contributed by atoms with Gasteiger partial charge >= 0.3 is 0 Å². The Morgan fingerprint density at radius 1 is 0.971 bits per heavy atom. The lowest BCUT2D eigenvalue weighted by Gasteiger charge is -2.35. The lowest BCUT2D eigenvalue weighted by Crippen LogP contribution is -2.37. The summed E-state index contributed by atoms with van der Waals surface area (Å²) in [7, 11) is 5.79. The topological polar surface area (TPSA) is 44.8 Å². The number of hydrogen-bond donors (Lipinski definition) is 1. The number of amides is 1. The molecule has 3 aromatic rings. The average Bonchev–Trinajstić information content (AvgIpc) is 2.89. The van der Waals surface area contributed by atoms with Crippen LogP contribution in [0, 0.1) is 0 Å². The van der Waals surface area contributed by atoms with Crippen molar-refractivity contribution >= 4 is 17.3 Å². The number of carbonyl (C=O) groups excluding carboxylic acids is 1. The Morgan fingerprint density at radius 3 is 2.31 bits per heavy atom. The first-order chi connectivity index (χ1) is 16.9. The van der Waals surface area contributed by atoms with Crippen LogP contribution < -0.4 is 15.0 Å². The van der Waals surface area contributed by atoms with Crippen molar-refractivity contribution in [1.82, 2.24) is 4.90 Å². The Morgan fingerprint density at radius 2 is 1.69 bits per heavy atom. The maximum absolute atomic E-state index is 13.0. The van der Waals surface area contributed by atoms with Gasteiger partial charge in [-0.2, -0.15) is 0 Å². The summed E-state index contributed by atoms with van der Waals surface area (Å²) in [6, 6.07) is 22.7. The summed E-state index contributed by atoms with van der Waals surface area (Å²) in [5, 5.41) is 3.09. The van der Waals surface area contributed by atoms with Crippen molar-refractivity contribution in [3.05, 3.63) is 77.9 Å². The van der Waals surface area contributed by atoms with Crippen LogP contribution in [0.5, 0.6) is 5.75 Å². The van der Waals surface area contributed by atoms with Crippen LogP contribution in [0.3, 0.4) is 0 Å². The first-order valence-electron chi connectivity index (χ1n) is 12.5. The first-order valence-corrected chi connectivity index (χ1v) is 12.5. The third kappa shape index (κ3) is 5.85. The summed E-state index contributed by atoms with van der Waals surface area (Å²) in [4.78, 5) is 17.6. The van der Waals surface area contributed by atoms with Crippen LogP contribution in [0.2, 0.25) is 0 Å². The second kappa shape index (κ2) is 11.0. The maximum atomic E-state index is 13.0. The predicted octanol–water partition coefficient (Wildman–Crippen LogP) is 6.27. The molecular weight excluding hydrogens is 434 g/mol. The third-order valence-electron chi connectivity index (χ3n) is 7.03. The molecule has 5 nitrogen and oxygen atoms in total. The molecule has 184 valence electrons. The van der Waals surface area contributed by atoms with Crippen LogP contribution in [0.15, 0.2) is 66.7 Å². The van der Waals surface area contributed by atoms with Gasteiger partial charge in [0.15, 0.2) is 0 Å². The molecule has 0 radical (unpaired) electrons. The fourth-order valence-corrected chi connectivity index (χ4v) is 4.84. The van der Waals surface area contributed by atoms with Gasteiger partial charge in [-0.3, -0.25) is 4.79 Å². The molecule has 0 atom stereocenters. The van der Waals surface area contributed by atoms with Crippen LogP contribution in [-0.2, 0) is 0 Å². The summed E-state index contributed by atoms with van der Waals surface area (Å²) in [6.45, 7) is 6.69. The molecule has 1 aliphatic rings. The van der Waals surface area contributed by atoms with Crippen LogP contribution in [0.1, 0.15) is 48.5 Å². The lowest BCUT2D eigenvalue weighted by atomic mass is 9.88. The molecule has 1 saturated heterocycles. The van der Waals surface area contributed by atoms with Crippen molar-refractivity contribution in [2.45, 2.75) is 38.6 Å². The molecule has 35 heavy (non-hydrogen) atoms. The minimum Gasteiger partial charge on any atom is -0.496 e. The highest BCUT2D eigenvalue weighted by molar-refractivity contribution is 6.04. The molecule has 1 aliphatic heterocycles. The molecule has 0 aromatic heterocycles. The molecule has 0 saturated carbocycles. The Kier molecular flexibility index (Phi) is 7.76. The van der Waals surface area contributed by atoms with Gasteiger partial charge in [0.2, 0.25) is 0 Å². The zero-order valence-electron chi connectivity index (χ0n) is 21.5. The predicted molar refractivity (Wildman–Crippen MR) is 146 cm³/mol. The summed E-state index contributed by atoms with van der Waals surface area (Å²) < 4.78 is 5.67. The van der Waals surface area contributed by atoms with Gasteiger partial charge in [0, 0.05) is 37.1 Å². The smallest absolute Gasteiger partial charge is 0.255 e. The Balaban J connectivity index is 1.47. The van der Waals surface area contributed by atoms with Crippen LogP contribution in [0.25, 0.3) is 11.1 Å². The summed E-state index contributed by atoms with van der Waals surface area (Å²) >= 11 is 0. The number of ether oxygens (including phenoxy) is 1. The van der Waals surface area contributed by atoms with Crippen molar-refractivity contribution in [3.8, 4) is 16.9 Å². The normalized spacial score (nSPS) is 14.7. The van der Waals surface area contributed by atoms with Gasteiger partial charge < -0.3 is 19.9 Å². The number of piperidine rings is 1. The van der Waals surface area contributed by atoms with E-state index in [2.05, 4.69) is 59.3 Å². The fraction of sp³-hybridized carbons (Fsp3) is 0.367. The Hall–Kier alpha value is -3.31. The SMILES string of the molecule is COc1ccc(NC(=O)c2ccc(-c3cccc(N(C)C)c3)cc2)cc1C1CCN(C(C)C)CC1.